The van der Waals surface area contributed by atoms with E-state index >= 15 is 0 Å². The molecule has 2 aromatic rings. The maximum absolute atomic E-state index is 5.03. The topological polar surface area (TPSA) is 37.0 Å². The number of benzene rings is 1. The first-order valence-electron chi connectivity index (χ1n) is 6.52. The molecule has 0 bridgehead atoms. The Kier molecular flexibility index (Phi) is 4.39. The fourth-order valence-electron chi connectivity index (χ4n) is 2.10. The van der Waals surface area contributed by atoms with E-state index < -0.39 is 0 Å². The number of hydrogen-bond acceptors (Lipinski definition) is 2. The van der Waals surface area contributed by atoms with Crippen LogP contribution in [0.3, 0.4) is 0 Å². The number of aromatic nitrogens is 1. The van der Waals surface area contributed by atoms with Crippen molar-refractivity contribution in [3.05, 3.63) is 35.5 Å². The van der Waals surface area contributed by atoms with E-state index in [0.29, 0.717) is 5.92 Å². The molecule has 18 heavy (non-hydrogen) atoms. The van der Waals surface area contributed by atoms with E-state index in [-0.39, 0.29) is 0 Å². The summed E-state index contributed by atoms with van der Waals surface area (Å²) in [5, 5.41) is 4.72. The number of rotatable bonds is 6. The van der Waals surface area contributed by atoms with Crippen LogP contribution in [0.25, 0.3) is 10.9 Å². The molecule has 3 nitrogen and oxygen atoms in total. The van der Waals surface area contributed by atoms with Crippen molar-refractivity contribution in [2.45, 2.75) is 26.3 Å². The maximum Gasteiger partial charge on any atom is 0.0587 e. The van der Waals surface area contributed by atoms with Crippen molar-refractivity contribution in [1.29, 1.82) is 0 Å². The number of nitrogens with one attached hydrogen (secondary N) is 2. The summed E-state index contributed by atoms with van der Waals surface area (Å²) in [6, 6.07) is 8.70. The van der Waals surface area contributed by atoms with E-state index in [1.807, 2.05) is 0 Å². The molecule has 0 amide bonds. The van der Waals surface area contributed by atoms with Gasteiger partial charge in [-0.1, -0.05) is 26.0 Å². The van der Waals surface area contributed by atoms with Crippen LogP contribution in [0.4, 0.5) is 0 Å². The first kappa shape index (κ1) is 13.1. The third-order valence-corrected chi connectivity index (χ3v) is 3.20. The normalized spacial score (nSPS) is 11.6. The summed E-state index contributed by atoms with van der Waals surface area (Å²) >= 11 is 0. The average Bonchev–Trinajstić information content (AvgIpc) is 2.79. The van der Waals surface area contributed by atoms with Gasteiger partial charge < -0.3 is 15.0 Å². The maximum atomic E-state index is 5.03. The molecule has 2 rings (SSSR count). The summed E-state index contributed by atoms with van der Waals surface area (Å²) in [7, 11) is 1.73. The van der Waals surface area contributed by atoms with Gasteiger partial charge in [-0.3, -0.25) is 0 Å². The Labute approximate surface area is 109 Å². The van der Waals surface area contributed by atoms with Crippen LogP contribution in [-0.2, 0) is 11.3 Å². The molecule has 0 unspecified atom stereocenters. The van der Waals surface area contributed by atoms with E-state index in [9.17, 15) is 0 Å². The highest BCUT2D eigenvalue weighted by atomic mass is 16.5. The first-order valence-corrected chi connectivity index (χ1v) is 6.52. The van der Waals surface area contributed by atoms with Crippen molar-refractivity contribution in [1.82, 2.24) is 10.3 Å². The minimum atomic E-state index is 0.534. The van der Waals surface area contributed by atoms with Gasteiger partial charge in [-0.2, -0.15) is 0 Å². The van der Waals surface area contributed by atoms with Gasteiger partial charge in [0, 0.05) is 36.8 Å². The molecule has 1 heterocycles. The van der Waals surface area contributed by atoms with Gasteiger partial charge in [0.25, 0.3) is 0 Å². The van der Waals surface area contributed by atoms with Crippen LogP contribution in [0.5, 0.6) is 0 Å². The molecule has 0 aliphatic heterocycles. The number of methoxy groups -OCH3 is 1. The minimum Gasteiger partial charge on any atom is -0.383 e. The molecule has 0 atom stereocenters. The Morgan fingerprint density at radius 2 is 2.17 bits per heavy atom. The lowest BCUT2D eigenvalue weighted by Crippen LogP contribution is -2.18. The van der Waals surface area contributed by atoms with E-state index in [2.05, 4.69) is 48.4 Å². The fraction of sp³-hybridized carbons (Fsp3) is 0.467. The van der Waals surface area contributed by atoms with E-state index in [1.54, 1.807) is 7.11 Å². The summed E-state index contributed by atoms with van der Waals surface area (Å²) in [5.41, 5.74) is 3.87. The molecular formula is C15H22N2O. The first-order chi connectivity index (χ1) is 8.72. The van der Waals surface area contributed by atoms with Gasteiger partial charge in [-0.05, 0) is 23.6 Å². The highest BCUT2D eigenvalue weighted by molar-refractivity contribution is 5.84. The van der Waals surface area contributed by atoms with Crippen LogP contribution in [0.2, 0.25) is 0 Å². The van der Waals surface area contributed by atoms with E-state index in [4.69, 9.17) is 4.74 Å². The van der Waals surface area contributed by atoms with Crippen LogP contribution in [0.1, 0.15) is 31.0 Å². The predicted octanol–water partition coefficient (Wildman–Crippen LogP) is 3.03. The quantitative estimate of drug-likeness (QED) is 0.769. The molecular weight excluding hydrogens is 224 g/mol. The van der Waals surface area contributed by atoms with Crippen molar-refractivity contribution in [3.8, 4) is 0 Å². The minimum absolute atomic E-state index is 0.534. The largest absolute Gasteiger partial charge is 0.383 e. The molecule has 3 heteroatoms. The van der Waals surface area contributed by atoms with Crippen LogP contribution >= 0.6 is 0 Å². The Balaban J connectivity index is 2.16. The van der Waals surface area contributed by atoms with Gasteiger partial charge in [0.1, 0.15) is 0 Å². The zero-order valence-corrected chi connectivity index (χ0v) is 11.4. The standard InChI is InChI=1S/C15H22N2O/c1-11(2)15-9-13-12(10-16-7-8-18-3)5-4-6-14(13)17-15/h4-6,9,11,16-17H,7-8,10H2,1-3H3. The number of ether oxygens (including phenoxy) is 1. The van der Waals surface area contributed by atoms with Gasteiger partial charge >= 0.3 is 0 Å². The van der Waals surface area contributed by atoms with E-state index in [1.165, 1.54) is 22.2 Å². The molecule has 0 fully saturated rings. The molecule has 0 saturated carbocycles. The van der Waals surface area contributed by atoms with Crippen molar-refractivity contribution < 1.29 is 4.74 Å². The summed E-state index contributed by atoms with van der Waals surface area (Å²) in [6.45, 7) is 6.94. The Morgan fingerprint density at radius 3 is 2.89 bits per heavy atom. The third kappa shape index (κ3) is 2.92. The number of fused-ring (bicyclic) bond motifs is 1. The second kappa shape index (κ2) is 6.03. The molecule has 0 spiro atoms. The molecule has 98 valence electrons. The van der Waals surface area contributed by atoms with Crippen LogP contribution in [-0.4, -0.2) is 25.2 Å². The van der Waals surface area contributed by atoms with Crippen molar-refractivity contribution in [2.75, 3.05) is 20.3 Å². The molecule has 2 N–H and O–H groups in total. The zero-order valence-electron chi connectivity index (χ0n) is 11.4. The third-order valence-electron chi connectivity index (χ3n) is 3.20. The second-order valence-electron chi connectivity index (χ2n) is 4.93. The summed E-state index contributed by atoms with van der Waals surface area (Å²) < 4.78 is 5.03. The lowest BCUT2D eigenvalue weighted by atomic mass is 10.1. The highest BCUT2D eigenvalue weighted by Crippen LogP contribution is 2.23. The van der Waals surface area contributed by atoms with E-state index in [0.717, 1.165) is 19.7 Å². The zero-order chi connectivity index (χ0) is 13.0. The molecule has 0 aliphatic carbocycles. The highest BCUT2D eigenvalue weighted by Gasteiger charge is 2.07. The lowest BCUT2D eigenvalue weighted by molar-refractivity contribution is 0.199. The lowest BCUT2D eigenvalue weighted by Gasteiger charge is -2.05. The SMILES string of the molecule is COCCNCc1cccc2[nH]c(C(C)C)cc12. The Hall–Kier alpha value is -1.32. The van der Waals surface area contributed by atoms with Crippen molar-refractivity contribution in [3.63, 3.8) is 0 Å². The number of H-pyrrole nitrogens is 1. The number of hydrogen-bond donors (Lipinski definition) is 2. The van der Waals surface area contributed by atoms with Crippen molar-refractivity contribution in [2.24, 2.45) is 0 Å². The predicted molar refractivity (Wildman–Crippen MR) is 76.0 cm³/mol. The average molecular weight is 246 g/mol. The van der Waals surface area contributed by atoms with Crippen LogP contribution in [0, 0.1) is 0 Å². The smallest absolute Gasteiger partial charge is 0.0587 e. The van der Waals surface area contributed by atoms with Gasteiger partial charge in [0.2, 0.25) is 0 Å². The van der Waals surface area contributed by atoms with Gasteiger partial charge in [0.15, 0.2) is 0 Å². The molecule has 0 radical (unpaired) electrons. The van der Waals surface area contributed by atoms with Crippen LogP contribution < -0.4 is 5.32 Å². The fourth-order valence-corrected chi connectivity index (χ4v) is 2.10. The van der Waals surface area contributed by atoms with Gasteiger partial charge in [-0.25, -0.2) is 0 Å². The van der Waals surface area contributed by atoms with Crippen LogP contribution in [0.15, 0.2) is 24.3 Å². The summed E-state index contributed by atoms with van der Waals surface area (Å²) in [6.07, 6.45) is 0. The summed E-state index contributed by atoms with van der Waals surface area (Å²) in [5.74, 6) is 0.534. The van der Waals surface area contributed by atoms with Gasteiger partial charge in [-0.15, -0.1) is 0 Å². The molecule has 0 aliphatic rings. The number of aromatic amines is 1. The molecule has 0 saturated heterocycles. The summed E-state index contributed by atoms with van der Waals surface area (Å²) in [4.78, 5) is 3.48. The monoisotopic (exact) mass is 246 g/mol. The molecule has 1 aromatic heterocycles. The second-order valence-corrected chi connectivity index (χ2v) is 4.93. The van der Waals surface area contributed by atoms with Gasteiger partial charge in [0.05, 0.1) is 6.61 Å². The Morgan fingerprint density at radius 1 is 1.33 bits per heavy atom. The molecule has 1 aromatic carbocycles. The Bertz CT molecular complexity index is 502. The van der Waals surface area contributed by atoms with Crippen molar-refractivity contribution >= 4 is 10.9 Å².